The smallest absolute Gasteiger partial charge is 0.320 e. The first-order valence-electron chi connectivity index (χ1n) is 15.1. The Balaban J connectivity index is 1.57. The van der Waals surface area contributed by atoms with Gasteiger partial charge < -0.3 is 14.6 Å². The predicted molar refractivity (Wildman–Crippen MR) is 141 cm³/mol. The van der Waals surface area contributed by atoms with Crippen LogP contribution >= 0.6 is 0 Å². The molecule has 0 aliphatic heterocycles. The van der Waals surface area contributed by atoms with Crippen molar-refractivity contribution in [3.63, 3.8) is 0 Å². The van der Waals surface area contributed by atoms with Crippen molar-refractivity contribution in [1.82, 2.24) is 0 Å². The maximum Gasteiger partial charge on any atom is 0.320 e. The lowest BCUT2D eigenvalue weighted by molar-refractivity contribution is -0.194. The van der Waals surface area contributed by atoms with Gasteiger partial charge in [0, 0.05) is 12.8 Å². The number of carbonyl (C=O) groups is 3. The minimum atomic E-state index is -0.877. The average molecular weight is 519 g/mol. The summed E-state index contributed by atoms with van der Waals surface area (Å²) in [6, 6.07) is 0. The minimum Gasteiger partial charge on any atom is -0.465 e. The van der Waals surface area contributed by atoms with Gasteiger partial charge >= 0.3 is 11.9 Å². The minimum absolute atomic E-state index is 0.0708. The maximum absolute atomic E-state index is 12.7. The van der Waals surface area contributed by atoms with Gasteiger partial charge in [-0.2, -0.15) is 0 Å². The van der Waals surface area contributed by atoms with Gasteiger partial charge in [0.15, 0.2) is 5.92 Å². The Bertz CT molecular complexity index is 852. The first kappa shape index (κ1) is 28.6. The van der Waals surface area contributed by atoms with Crippen molar-refractivity contribution in [3.8, 4) is 0 Å². The molecule has 6 heteroatoms. The van der Waals surface area contributed by atoms with Crippen LogP contribution in [0.2, 0.25) is 0 Å². The highest BCUT2D eigenvalue weighted by Gasteiger charge is 2.65. The fraction of sp³-hybridized carbons (Fsp3) is 0.903. The standard InChI is InChI=1S/C31H50O6/c1-7-20-25-17-19(32)12-14-31(25,6)24-13-15-30(5)22(10-11-23(30)26(24)27(20)33)18(4)16-21(28(34)36-8-2)29(35)37-9-3/h18,20-27,33H,7-17H2,1-6H3/t18-,20-,22-,23+,24+,25+,26+,27-,30-,31-/m1/s1. The van der Waals surface area contributed by atoms with Crippen LogP contribution in [0.3, 0.4) is 0 Å². The van der Waals surface area contributed by atoms with Gasteiger partial charge in [0.1, 0.15) is 5.78 Å². The van der Waals surface area contributed by atoms with E-state index >= 15 is 0 Å². The molecule has 0 spiro atoms. The lowest BCUT2D eigenvalue weighted by Crippen LogP contribution is -2.62. The topological polar surface area (TPSA) is 89.9 Å². The molecule has 0 amide bonds. The van der Waals surface area contributed by atoms with Crippen LogP contribution < -0.4 is 0 Å². The van der Waals surface area contributed by atoms with Crippen molar-refractivity contribution in [3.05, 3.63) is 0 Å². The third-order valence-corrected chi connectivity index (χ3v) is 11.7. The Morgan fingerprint density at radius 3 is 2.16 bits per heavy atom. The summed E-state index contributed by atoms with van der Waals surface area (Å²) in [5.74, 6) is 0.741. The Morgan fingerprint density at radius 2 is 1.57 bits per heavy atom. The van der Waals surface area contributed by atoms with Crippen LogP contribution in [-0.2, 0) is 23.9 Å². The van der Waals surface area contributed by atoms with Crippen LogP contribution in [0.15, 0.2) is 0 Å². The zero-order valence-corrected chi connectivity index (χ0v) is 24.0. The van der Waals surface area contributed by atoms with E-state index in [0.717, 1.165) is 38.5 Å². The second-order valence-corrected chi connectivity index (χ2v) is 13.2. The number of carbonyl (C=O) groups excluding carboxylic acids is 3. The molecule has 0 aromatic heterocycles. The van der Waals surface area contributed by atoms with Gasteiger partial charge in [-0.05, 0) is 105 Å². The van der Waals surface area contributed by atoms with E-state index in [2.05, 4.69) is 27.7 Å². The van der Waals surface area contributed by atoms with E-state index in [0.29, 0.717) is 48.7 Å². The van der Waals surface area contributed by atoms with Crippen molar-refractivity contribution >= 4 is 17.7 Å². The van der Waals surface area contributed by atoms with E-state index in [1.807, 2.05) is 0 Å². The fourth-order valence-electron chi connectivity index (χ4n) is 10.1. The summed E-state index contributed by atoms with van der Waals surface area (Å²) in [5.41, 5.74) is 0.198. The first-order valence-corrected chi connectivity index (χ1v) is 15.1. The van der Waals surface area contributed by atoms with E-state index in [1.54, 1.807) is 13.8 Å². The van der Waals surface area contributed by atoms with Crippen LogP contribution in [0, 0.1) is 58.2 Å². The molecular weight excluding hydrogens is 468 g/mol. The van der Waals surface area contributed by atoms with Crippen LogP contribution in [0.1, 0.15) is 99.3 Å². The molecule has 0 saturated heterocycles. The molecule has 37 heavy (non-hydrogen) atoms. The summed E-state index contributed by atoms with van der Waals surface area (Å²) >= 11 is 0. The lowest BCUT2D eigenvalue weighted by Gasteiger charge is -2.64. The highest BCUT2D eigenvalue weighted by atomic mass is 16.6. The molecule has 0 unspecified atom stereocenters. The molecular formula is C31H50O6. The fourth-order valence-corrected chi connectivity index (χ4v) is 10.1. The van der Waals surface area contributed by atoms with Crippen molar-refractivity contribution in [2.45, 2.75) is 105 Å². The van der Waals surface area contributed by atoms with E-state index in [1.165, 1.54) is 0 Å². The summed E-state index contributed by atoms with van der Waals surface area (Å²) in [6.07, 6.45) is 7.65. The van der Waals surface area contributed by atoms with Gasteiger partial charge in [-0.25, -0.2) is 0 Å². The van der Waals surface area contributed by atoms with Gasteiger partial charge in [-0.15, -0.1) is 0 Å². The molecule has 4 saturated carbocycles. The van der Waals surface area contributed by atoms with Gasteiger partial charge in [0.2, 0.25) is 0 Å². The summed E-state index contributed by atoms with van der Waals surface area (Å²) in [7, 11) is 0. The van der Waals surface area contributed by atoms with Gasteiger partial charge in [-0.1, -0.05) is 34.1 Å². The highest BCUT2D eigenvalue weighted by Crippen LogP contribution is 2.69. The molecule has 4 rings (SSSR count). The zero-order chi connectivity index (χ0) is 27.1. The second kappa shape index (κ2) is 11.0. The van der Waals surface area contributed by atoms with Crippen LogP contribution in [0.5, 0.6) is 0 Å². The van der Waals surface area contributed by atoms with Crippen molar-refractivity contribution in [2.75, 3.05) is 13.2 Å². The monoisotopic (exact) mass is 518 g/mol. The Hall–Kier alpha value is -1.43. The number of hydrogen-bond donors (Lipinski definition) is 1. The summed E-state index contributed by atoms with van der Waals surface area (Å²) in [6.45, 7) is 13.2. The molecule has 0 heterocycles. The van der Waals surface area contributed by atoms with Crippen LogP contribution in [0.4, 0.5) is 0 Å². The Labute approximate surface area is 223 Å². The molecule has 4 fully saturated rings. The number of hydrogen-bond acceptors (Lipinski definition) is 6. The Kier molecular flexibility index (Phi) is 8.48. The highest BCUT2D eigenvalue weighted by molar-refractivity contribution is 5.94. The van der Waals surface area contributed by atoms with Crippen LogP contribution in [0.25, 0.3) is 0 Å². The van der Waals surface area contributed by atoms with E-state index in [-0.39, 0.29) is 47.9 Å². The largest absolute Gasteiger partial charge is 0.465 e. The zero-order valence-electron chi connectivity index (χ0n) is 24.0. The molecule has 6 nitrogen and oxygen atoms in total. The lowest BCUT2D eigenvalue weighted by atomic mass is 9.41. The molecule has 4 aliphatic rings. The number of aliphatic hydroxyl groups is 1. The second-order valence-electron chi connectivity index (χ2n) is 13.2. The summed E-state index contributed by atoms with van der Waals surface area (Å²) < 4.78 is 10.5. The predicted octanol–water partition coefficient (Wildman–Crippen LogP) is 5.59. The quantitative estimate of drug-likeness (QED) is 0.333. The average Bonchev–Trinajstić information content (AvgIpc) is 3.21. The number of esters is 2. The van der Waals surface area contributed by atoms with Crippen molar-refractivity contribution in [1.29, 1.82) is 0 Å². The van der Waals surface area contributed by atoms with E-state index < -0.39 is 17.9 Å². The summed E-state index contributed by atoms with van der Waals surface area (Å²) in [4.78, 5) is 37.8. The molecule has 1 N–H and O–H groups in total. The normalized spacial score (nSPS) is 41.9. The third kappa shape index (κ3) is 4.78. The molecule has 0 bridgehead atoms. The van der Waals surface area contributed by atoms with E-state index in [4.69, 9.17) is 9.47 Å². The molecule has 0 radical (unpaired) electrons. The molecule has 0 aromatic rings. The molecule has 10 atom stereocenters. The third-order valence-electron chi connectivity index (χ3n) is 11.7. The molecule has 0 aromatic carbocycles. The van der Waals surface area contributed by atoms with Gasteiger partial charge in [0.25, 0.3) is 0 Å². The number of ketones is 1. The first-order chi connectivity index (χ1) is 17.5. The number of fused-ring (bicyclic) bond motifs is 5. The van der Waals surface area contributed by atoms with Gasteiger partial charge in [-0.3, -0.25) is 14.4 Å². The molecule has 4 aliphatic carbocycles. The SMILES string of the molecule is CCOC(=O)C(C[C@@H](C)[C@H]1CC[C@H]2[C@@H]3[C@H](O)[C@H](CC)[C@@H]4CC(=O)CC[C@]4(C)[C@H]3CC[C@]12C)C(=O)OCC. The maximum atomic E-state index is 12.7. The Morgan fingerprint density at radius 1 is 0.946 bits per heavy atom. The van der Waals surface area contributed by atoms with Crippen molar-refractivity contribution < 1.29 is 29.0 Å². The van der Waals surface area contributed by atoms with Gasteiger partial charge in [0.05, 0.1) is 19.3 Å². The number of aliphatic hydroxyl groups excluding tert-OH is 1. The van der Waals surface area contributed by atoms with Crippen LogP contribution in [-0.4, -0.2) is 42.1 Å². The van der Waals surface area contributed by atoms with E-state index in [9.17, 15) is 19.5 Å². The number of Topliss-reactive ketones (excluding diaryl/α,β-unsaturated/α-hetero) is 1. The summed E-state index contributed by atoms with van der Waals surface area (Å²) in [5, 5.41) is 11.9. The number of rotatable bonds is 8. The molecule has 210 valence electrons. The number of ether oxygens (including phenoxy) is 2. The van der Waals surface area contributed by atoms with Crippen molar-refractivity contribution in [2.24, 2.45) is 58.2 Å².